The van der Waals surface area contributed by atoms with E-state index in [9.17, 15) is 0 Å². The topological polar surface area (TPSA) is 45.5 Å². The monoisotopic (exact) mass is 356 g/mol. The van der Waals surface area contributed by atoms with Crippen molar-refractivity contribution >= 4 is 8.53 Å². The molecule has 1 fully saturated rings. The summed E-state index contributed by atoms with van der Waals surface area (Å²) in [7, 11) is -1.10. The van der Waals surface area contributed by atoms with Crippen molar-refractivity contribution in [3.05, 3.63) is 0 Å². The average molecular weight is 356 g/mol. The minimum atomic E-state index is -1.10. The summed E-state index contributed by atoms with van der Waals surface area (Å²) < 4.78 is 14.8. The van der Waals surface area contributed by atoms with Crippen LogP contribution in [0.3, 0.4) is 0 Å². The maximum Gasteiger partial charge on any atom is 0.259 e. The molecule has 0 spiro atoms. The molecule has 24 heavy (non-hydrogen) atoms. The van der Waals surface area contributed by atoms with Gasteiger partial charge >= 0.3 is 0 Å². The van der Waals surface area contributed by atoms with Gasteiger partial charge in [0, 0.05) is 12.1 Å². The maximum atomic E-state index is 8.79. The highest BCUT2D eigenvalue weighted by Crippen LogP contribution is 2.50. The van der Waals surface area contributed by atoms with Crippen LogP contribution in [0.25, 0.3) is 0 Å². The molecule has 0 aromatic carbocycles. The Morgan fingerprint density at radius 3 is 2.04 bits per heavy atom. The Morgan fingerprint density at radius 1 is 1.08 bits per heavy atom. The zero-order valence-electron chi connectivity index (χ0n) is 16.7. The third-order valence-electron chi connectivity index (χ3n) is 4.80. The molecule has 1 atom stereocenters. The van der Waals surface area contributed by atoms with Crippen LogP contribution in [0.5, 0.6) is 0 Å². The number of rotatable bonds is 8. The lowest BCUT2D eigenvalue weighted by Crippen LogP contribution is -2.35. The van der Waals surface area contributed by atoms with Crippen LogP contribution in [0.4, 0.5) is 0 Å². The Hall–Kier alpha value is -0.200. The van der Waals surface area contributed by atoms with Gasteiger partial charge in [0.1, 0.15) is 0 Å². The smallest absolute Gasteiger partial charge is 0.259 e. The van der Waals surface area contributed by atoms with Gasteiger partial charge in [-0.3, -0.25) is 0 Å². The second-order valence-electron chi connectivity index (χ2n) is 8.49. The van der Waals surface area contributed by atoms with Crippen LogP contribution >= 0.6 is 8.53 Å². The molecule has 0 aliphatic heterocycles. The predicted molar refractivity (Wildman–Crippen MR) is 101 cm³/mol. The molecule has 0 saturated heterocycles. The first-order valence-electron chi connectivity index (χ1n) is 9.41. The van der Waals surface area contributed by atoms with Crippen LogP contribution in [-0.2, 0) is 9.05 Å². The van der Waals surface area contributed by atoms with Crippen LogP contribution in [0.1, 0.15) is 80.6 Å². The first-order valence-corrected chi connectivity index (χ1v) is 10.5. The third kappa shape index (κ3) is 6.96. The number of nitrogens with zero attached hydrogens (tertiary/aromatic N) is 2. The SMILES string of the molecule is CC(C)N(C(C)C)P(OCCC#N)O[C@H]1CC[C@H](C(C)(C)C)CC1. The molecule has 0 N–H and O–H groups in total. The second-order valence-corrected chi connectivity index (χ2v) is 9.90. The lowest BCUT2D eigenvalue weighted by Gasteiger charge is -2.40. The molecule has 0 bridgehead atoms. The zero-order valence-corrected chi connectivity index (χ0v) is 17.6. The van der Waals surface area contributed by atoms with Gasteiger partial charge in [0.15, 0.2) is 0 Å². The molecule has 1 rings (SSSR count). The summed E-state index contributed by atoms with van der Waals surface area (Å²) in [6, 6.07) is 2.89. The van der Waals surface area contributed by atoms with E-state index >= 15 is 0 Å². The molecule has 140 valence electrons. The average Bonchev–Trinajstić information content (AvgIpc) is 2.46. The van der Waals surface area contributed by atoms with E-state index in [0.717, 1.165) is 18.8 Å². The van der Waals surface area contributed by atoms with Gasteiger partial charge < -0.3 is 9.05 Å². The minimum absolute atomic E-state index is 0.289. The summed E-state index contributed by atoms with van der Waals surface area (Å²) in [5, 5.41) is 8.79. The highest BCUT2D eigenvalue weighted by molar-refractivity contribution is 7.44. The molecular formula is C19H37N2O2P. The number of nitriles is 1. The Morgan fingerprint density at radius 2 is 1.62 bits per heavy atom. The third-order valence-corrected chi connectivity index (χ3v) is 6.98. The fourth-order valence-corrected chi connectivity index (χ4v) is 5.23. The van der Waals surface area contributed by atoms with Crippen molar-refractivity contribution in [1.82, 2.24) is 4.67 Å². The van der Waals surface area contributed by atoms with E-state index in [2.05, 4.69) is 59.2 Å². The van der Waals surface area contributed by atoms with Crippen molar-refractivity contribution in [1.29, 1.82) is 5.26 Å². The quantitative estimate of drug-likeness (QED) is 0.402. The van der Waals surface area contributed by atoms with E-state index in [1.807, 2.05) is 0 Å². The van der Waals surface area contributed by atoms with E-state index in [1.165, 1.54) is 12.8 Å². The lowest BCUT2D eigenvalue weighted by molar-refractivity contribution is 0.0687. The molecule has 0 aromatic rings. The summed E-state index contributed by atoms with van der Waals surface area (Å²) in [6.45, 7) is 16.2. The molecule has 1 unspecified atom stereocenters. The fraction of sp³-hybridized carbons (Fsp3) is 0.947. The van der Waals surface area contributed by atoms with Crippen molar-refractivity contribution in [2.45, 2.75) is 98.8 Å². The van der Waals surface area contributed by atoms with Crippen molar-refractivity contribution in [3.63, 3.8) is 0 Å². The van der Waals surface area contributed by atoms with Crippen LogP contribution in [0.2, 0.25) is 0 Å². The van der Waals surface area contributed by atoms with Crippen LogP contribution in [0, 0.1) is 22.7 Å². The van der Waals surface area contributed by atoms with Crippen LogP contribution in [-0.4, -0.2) is 29.5 Å². The second kappa shape index (κ2) is 10.1. The molecule has 5 heteroatoms. The Bertz CT molecular complexity index is 385. The molecule has 1 aliphatic carbocycles. The van der Waals surface area contributed by atoms with Gasteiger partial charge in [0.25, 0.3) is 8.53 Å². The van der Waals surface area contributed by atoms with E-state index in [4.69, 9.17) is 14.3 Å². The largest absolute Gasteiger partial charge is 0.321 e. The highest BCUT2D eigenvalue weighted by atomic mass is 31.2. The van der Waals surface area contributed by atoms with E-state index in [1.54, 1.807) is 0 Å². The number of hydrogen-bond donors (Lipinski definition) is 0. The molecule has 0 aromatic heterocycles. The molecule has 4 nitrogen and oxygen atoms in total. The summed E-state index contributed by atoms with van der Waals surface area (Å²) in [4.78, 5) is 0. The molecule has 0 heterocycles. The summed E-state index contributed by atoms with van der Waals surface area (Å²) in [6.07, 6.45) is 5.41. The zero-order chi connectivity index (χ0) is 18.3. The van der Waals surface area contributed by atoms with Gasteiger partial charge in [0.2, 0.25) is 0 Å². The van der Waals surface area contributed by atoms with Gasteiger partial charge in [-0.25, -0.2) is 4.67 Å². The normalized spacial score (nSPS) is 23.7. The van der Waals surface area contributed by atoms with Gasteiger partial charge in [-0.1, -0.05) is 20.8 Å². The fourth-order valence-electron chi connectivity index (χ4n) is 3.46. The van der Waals surface area contributed by atoms with Gasteiger partial charge in [-0.05, 0) is 64.7 Å². The van der Waals surface area contributed by atoms with Crippen molar-refractivity contribution < 1.29 is 9.05 Å². The summed E-state index contributed by atoms with van der Waals surface area (Å²) in [5.74, 6) is 0.786. The molecular weight excluding hydrogens is 319 g/mol. The maximum absolute atomic E-state index is 8.79. The minimum Gasteiger partial charge on any atom is -0.321 e. The standard InChI is InChI=1S/C19H37N2O2P/c1-15(2)21(16(3)4)24(22-14-8-13-20)23-18-11-9-17(10-12-18)19(5,6)7/h15-18H,8-12,14H2,1-7H3/t17-,18-,24?. The predicted octanol–water partition coefficient (Wildman–Crippen LogP) is 5.88. The van der Waals surface area contributed by atoms with Crippen LogP contribution in [0.15, 0.2) is 0 Å². The van der Waals surface area contributed by atoms with E-state index in [0.29, 0.717) is 30.5 Å². The highest BCUT2D eigenvalue weighted by Gasteiger charge is 2.34. The molecule has 1 saturated carbocycles. The van der Waals surface area contributed by atoms with Crippen molar-refractivity contribution in [2.24, 2.45) is 11.3 Å². The van der Waals surface area contributed by atoms with Gasteiger partial charge in [-0.2, -0.15) is 5.26 Å². The van der Waals surface area contributed by atoms with Crippen LogP contribution < -0.4 is 0 Å². The first-order chi connectivity index (χ1) is 11.2. The number of hydrogen-bond acceptors (Lipinski definition) is 4. The molecule has 0 amide bonds. The Labute approximate surface area is 150 Å². The summed E-state index contributed by atoms with van der Waals surface area (Å²) >= 11 is 0. The lowest BCUT2D eigenvalue weighted by atomic mass is 9.72. The van der Waals surface area contributed by atoms with E-state index in [-0.39, 0.29) is 6.10 Å². The van der Waals surface area contributed by atoms with E-state index < -0.39 is 8.53 Å². The van der Waals surface area contributed by atoms with Gasteiger partial charge in [-0.15, -0.1) is 0 Å². The van der Waals surface area contributed by atoms with Crippen molar-refractivity contribution in [2.75, 3.05) is 6.61 Å². The first kappa shape index (κ1) is 21.8. The molecule has 1 aliphatic rings. The summed E-state index contributed by atoms with van der Waals surface area (Å²) in [5.41, 5.74) is 0.390. The Balaban J connectivity index is 2.66. The van der Waals surface area contributed by atoms with Crippen molar-refractivity contribution in [3.8, 4) is 6.07 Å². The Kier molecular flexibility index (Phi) is 9.17. The van der Waals surface area contributed by atoms with Gasteiger partial charge in [0.05, 0.1) is 25.2 Å². The molecule has 0 radical (unpaired) electrons.